The molecular formula is C20H27N3O5S. The summed E-state index contributed by atoms with van der Waals surface area (Å²) in [5.74, 6) is -0.804. The fourth-order valence-corrected chi connectivity index (χ4v) is 4.98. The highest BCUT2D eigenvalue weighted by molar-refractivity contribution is 7.90. The Hall–Kier alpha value is -2.42. The number of benzene rings is 1. The lowest BCUT2D eigenvalue weighted by atomic mass is 9.97. The third-order valence-corrected chi connectivity index (χ3v) is 6.47. The van der Waals surface area contributed by atoms with Gasteiger partial charge in [0.05, 0.1) is 5.92 Å². The van der Waals surface area contributed by atoms with Gasteiger partial charge in [0, 0.05) is 24.7 Å². The van der Waals surface area contributed by atoms with Crippen LogP contribution in [0, 0.1) is 5.92 Å². The molecule has 0 aliphatic carbocycles. The van der Waals surface area contributed by atoms with Gasteiger partial charge in [-0.1, -0.05) is 25.5 Å². The number of nitrogens with one attached hydrogen (secondary N) is 1. The Balaban J connectivity index is 1.60. The minimum Gasteiger partial charge on any atom is -0.455 e. The number of fused-ring (bicyclic) bond motifs is 1. The lowest BCUT2D eigenvalue weighted by Gasteiger charge is -2.32. The zero-order chi connectivity index (χ0) is 21.0. The summed E-state index contributed by atoms with van der Waals surface area (Å²) in [6.07, 6.45) is 3.16. The summed E-state index contributed by atoms with van der Waals surface area (Å²) < 4.78 is 33.7. The number of carbonyl (C=O) groups is 2. The molecule has 2 aliphatic rings. The summed E-state index contributed by atoms with van der Waals surface area (Å²) >= 11 is 0. The number of amides is 1. The van der Waals surface area contributed by atoms with Crippen molar-refractivity contribution in [1.82, 2.24) is 10.2 Å². The normalized spacial score (nSPS) is 21.1. The molecular weight excluding hydrogens is 394 g/mol. The fourth-order valence-electron chi connectivity index (χ4n) is 3.75. The van der Waals surface area contributed by atoms with Gasteiger partial charge in [-0.2, -0.15) is 8.42 Å². The molecule has 0 radical (unpaired) electrons. The lowest BCUT2D eigenvalue weighted by Crippen LogP contribution is -2.43. The first kappa shape index (κ1) is 21.3. The highest BCUT2D eigenvalue weighted by Crippen LogP contribution is 2.29. The van der Waals surface area contributed by atoms with E-state index in [-0.39, 0.29) is 23.5 Å². The van der Waals surface area contributed by atoms with Crippen molar-refractivity contribution in [2.75, 3.05) is 19.7 Å². The summed E-state index contributed by atoms with van der Waals surface area (Å²) in [6.45, 7) is 4.57. The van der Waals surface area contributed by atoms with Gasteiger partial charge < -0.3 is 15.0 Å². The first-order chi connectivity index (χ1) is 13.8. The highest BCUT2D eigenvalue weighted by Gasteiger charge is 2.35. The Morgan fingerprint density at radius 2 is 2.10 bits per heavy atom. The first-order valence-corrected chi connectivity index (χ1v) is 11.4. The zero-order valence-corrected chi connectivity index (χ0v) is 17.6. The van der Waals surface area contributed by atoms with Crippen molar-refractivity contribution in [1.29, 1.82) is 0 Å². The summed E-state index contributed by atoms with van der Waals surface area (Å²) in [6, 6.07) is 6.73. The smallest absolute Gasteiger partial charge is 0.311 e. The van der Waals surface area contributed by atoms with Gasteiger partial charge in [0.25, 0.3) is 15.9 Å². The van der Waals surface area contributed by atoms with E-state index in [1.54, 1.807) is 18.2 Å². The van der Waals surface area contributed by atoms with Crippen molar-refractivity contribution >= 4 is 27.7 Å². The maximum Gasteiger partial charge on any atom is 0.311 e. The molecule has 9 heteroatoms. The van der Waals surface area contributed by atoms with E-state index in [2.05, 4.69) is 9.71 Å². The Morgan fingerprint density at radius 1 is 1.34 bits per heavy atom. The second-order valence-corrected chi connectivity index (χ2v) is 9.11. The van der Waals surface area contributed by atoms with Crippen molar-refractivity contribution in [3.63, 3.8) is 0 Å². The lowest BCUT2D eigenvalue weighted by molar-refractivity contribution is -0.154. The predicted octanol–water partition coefficient (Wildman–Crippen LogP) is 1.70. The van der Waals surface area contributed by atoms with Gasteiger partial charge in [-0.25, -0.2) is 0 Å². The fraction of sp³-hybridized carbons (Fsp3) is 0.550. The molecule has 29 heavy (non-hydrogen) atoms. The molecule has 0 spiro atoms. The predicted molar refractivity (Wildman–Crippen MR) is 108 cm³/mol. The average Bonchev–Trinajstić information content (AvgIpc) is 2.98. The molecule has 3 rings (SSSR count). The Labute approximate surface area is 171 Å². The molecule has 0 unspecified atom stereocenters. The number of likely N-dealkylation sites (tertiary alicyclic amines) is 1. The molecule has 1 N–H and O–H groups in total. The van der Waals surface area contributed by atoms with Crippen LogP contribution in [-0.2, 0) is 24.3 Å². The molecule has 1 saturated heterocycles. The molecule has 1 fully saturated rings. The van der Waals surface area contributed by atoms with Crippen molar-refractivity contribution in [3.05, 3.63) is 29.8 Å². The molecule has 1 aromatic rings. The minimum atomic E-state index is -3.70. The van der Waals surface area contributed by atoms with Crippen molar-refractivity contribution in [2.24, 2.45) is 10.3 Å². The van der Waals surface area contributed by atoms with Crippen molar-refractivity contribution < 1.29 is 22.7 Å². The van der Waals surface area contributed by atoms with Crippen LogP contribution in [0.3, 0.4) is 0 Å². The highest BCUT2D eigenvalue weighted by atomic mass is 32.2. The second kappa shape index (κ2) is 8.94. The molecule has 0 bridgehead atoms. The minimum absolute atomic E-state index is 0.0405. The maximum atomic E-state index is 12.5. The van der Waals surface area contributed by atoms with E-state index < -0.39 is 21.9 Å². The molecule has 1 aromatic carbocycles. The topological polar surface area (TPSA) is 105 Å². The van der Waals surface area contributed by atoms with E-state index in [1.807, 2.05) is 18.7 Å². The number of rotatable bonds is 6. The molecule has 2 heterocycles. The molecule has 0 saturated carbocycles. The van der Waals surface area contributed by atoms with Gasteiger partial charge >= 0.3 is 5.97 Å². The van der Waals surface area contributed by atoms with E-state index in [1.165, 1.54) is 6.07 Å². The zero-order valence-electron chi connectivity index (χ0n) is 16.8. The number of hydrogen-bond acceptors (Lipinski definition) is 6. The molecule has 0 aromatic heterocycles. The Bertz CT molecular complexity index is 912. The van der Waals surface area contributed by atoms with E-state index in [0.29, 0.717) is 37.3 Å². The van der Waals surface area contributed by atoms with Gasteiger partial charge in [0.1, 0.15) is 4.90 Å². The third-order valence-electron chi connectivity index (χ3n) is 5.14. The number of hydrogen-bond donors (Lipinski definition) is 1. The van der Waals surface area contributed by atoms with Crippen LogP contribution in [-0.4, -0.2) is 56.8 Å². The SMILES string of the molecule is CCC[C@H](C)NC(=O)COC(=O)[C@H]1CCCN(C2=NS(=O)(=O)c3ccccc32)C1. The van der Waals surface area contributed by atoms with Crippen LogP contribution in [0.5, 0.6) is 0 Å². The van der Waals surface area contributed by atoms with Gasteiger partial charge in [-0.3, -0.25) is 9.59 Å². The van der Waals surface area contributed by atoms with Crippen LogP contribution in [0.2, 0.25) is 0 Å². The van der Waals surface area contributed by atoms with E-state index >= 15 is 0 Å². The standard InChI is InChI=1S/C20H27N3O5S/c1-3-7-14(2)21-18(24)13-28-20(25)15-8-6-11-23(12-15)19-16-9-4-5-10-17(16)29(26,27)22-19/h4-5,9-10,14-15H,3,6-8,11-13H2,1-2H3,(H,21,24)/t14-,15-/m0/s1. The van der Waals surface area contributed by atoms with Crippen LogP contribution in [0.4, 0.5) is 0 Å². The quantitative estimate of drug-likeness (QED) is 0.701. The van der Waals surface area contributed by atoms with Crippen LogP contribution in [0.25, 0.3) is 0 Å². The van der Waals surface area contributed by atoms with Crippen LogP contribution in [0.15, 0.2) is 33.6 Å². The van der Waals surface area contributed by atoms with E-state index in [4.69, 9.17) is 4.74 Å². The first-order valence-electron chi connectivity index (χ1n) is 9.97. The van der Waals surface area contributed by atoms with E-state index in [9.17, 15) is 18.0 Å². The van der Waals surface area contributed by atoms with Gasteiger partial charge in [-0.15, -0.1) is 4.40 Å². The Morgan fingerprint density at radius 3 is 2.86 bits per heavy atom. The number of carbonyl (C=O) groups excluding carboxylic acids is 2. The number of esters is 1. The van der Waals surface area contributed by atoms with Gasteiger partial charge in [0.15, 0.2) is 12.4 Å². The molecule has 2 aliphatic heterocycles. The van der Waals surface area contributed by atoms with Crippen molar-refractivity contribution in [2.45, 2.75) is 50.5 Å². The maximum absolute atomic E-state index is 12.5. The Kier molecular flexibility index (Phi) is 6.56. The van der Waals surface area contributed by atoms with E-state index in [0.717, 1.165) is 12.8 Å². The molecule has 1 amide bonds. The summed E-state index contributed by atoms with van der Waals surface area (Å²) in [4.78, 5) is 26.4. The van der Waals surface area contributed by atoms with Crippen LogP contribution >= 0.6 is 0 Å². The number of ether oxygens (including phenoxy) is 1. The van der Waals surface area contributed by atoms with Gasteiger partial charge in [0.2, 0.25) is 0 Å². The molecule has 2 atom stereocenters. The van der Waals surface area contributed by atoms with Crippen LogP contribution in [0.1, 0.15) is 45.1 Å². The average molecular weight is 422 g/mol. The number of amidine groups is 1. The van der Waals surface area contributed by atoms with Crippen molar-refractivity contribution in [3.8, 4) is 0 Å². The monoisotopic (exact) mass is 421 g/mol. The number of nitrogens with zero attached hydrogens (tertiary/aromatic N) is 2. The molecule has 8 nitrogen and oxygen atoms in total. The number of sulfonamides is 1. The van der Waals surface area contributed by atoms with Gasteiger partial charge in [-0.05, 0) is 38.3 Å². The summed E-state index contributed by atoms with van der Waals surface area (Å²) in [7, 11) is -3.70. The summed E-state index contributed by atoms with van der Waals surface area (Å²) in [5.41, 5.74) is 0.561. The largest absolute Gasteiger partial charge is 0.455 e. The second-order valence-electron chi connectivity index (χ2n) is 7.54. The third kappa shape index (κ3) is 4.95. The van der Waals surface area contributed by atoms with Crippen LogP contribution < -0.4 is 5.32 Å². The number of piperidine rings is 1. The molecule has 158 valence electrons. The summed E-state index contributed by atoms with van der Waals surface area (Å²) in [5, 5.41) is 2.80.